The molecular formula is C14H22N2. The summed E-state index contributed by atoms with van der Waals surface area (Å²) in [6.45, 7) is 4.31. The average Bonchev–Trinajstić information content (AvgIpc) is 2.18. The highest BCUT2D eigenvalue weighted by molar-refractivity contribution is 5.32. The smallest absolute Gasteiger partial charge is 0.0465 e. The summed E-state index contributed by atoms with van der Waals surface area (Å²) in [6.07, 6.45) is 5.33. The molecule has 0 radical (unpaired) electrons. The second kappa shape index (κ2) is 4.98. The lowest BCUT2D eigenvalue weighted by Gasteiger charge is -2.30. The number of nitrogens with two attached hydrogens (primary N) is 1. The Kier molecular flexibility index (Phi) is 3.62. The van der Waals surface area contributed by atoms with Gasteiger partial charge in [0, 0.05) is 6.04 Å². The number of benzene rings is 1. The van der Waals surface area contributed by atoms with Gasteiger partial charge in [-0.3, -0.25) is 11.3 Å². The Morgan fingerprint density at radius 1 is 1.38 bits per heavy atom. The maximum absolute atomic E-state index is 5.69. The molecule has 1 saturated carbocycles. The predicted octanol–water partition coefficient (Wildman–Crippen LogP) is 3.00. The van der Waals surface area contributed by atoms with Crippen LogP contribution in [0.3, 0.4) is 0 Å². The number of hydrogen-bond donors (Lipinski definition) is 2. The van der Waals surface area contributed by atoms with Crippen molar-refractivity contribution in [3.8, 4) is 0 Å². The van der Waals surface area contributed by atoms with Crippen LogP contribution in [0.4, 0.5) is 0 Å². The number of nitrogens with one attached hydrogen (secondary N) is 1. The molecule has 2 heteroatoms. The van der Waals surface area contributed by atoms with Crippen molar-refractivity contribution in [2.45, 2.75) is 45.6 Å². The topological polar surface area (TPSA) is 38.0 Å². The van der Waals surface area contributed by atoms with E-state index in [1.165, 1.54) is 42.4 Å². The molecule has 2 nitrogen and oxygen atoms in total. The lowest BCUT2D eigenvalue weighted by atomic mass is 9.79. The SMILES string of the molecule is Cc1ccc(C(CC2CCC2)NN)c(C)c1. The van der Waals surface area contributed by atoms with Crippen molar-refractivity contribution < 1.29 is 0 Å². The molecule has 1 unspecified atom stereocenters. The lowest BCUT2D eigenvalue weighted by Crippen LogP contribution is -2.31. The highest BCUT2D eigenvalue weighted by Crippen LogP contribution is 2.35. The molecule has 0 aliphatic heterocycles. The van der Waals surface area contributed by atoms with E-state index >= 15 is 0 Å². The molecule has 3 N–H and O–H groups in total. The normalized spacial score (nSPS) is 18.2. The van der Waals surface area contributed by atoms with E-state index in [-0.39, 0.29) is 0 Å². The van der Waals surface area contributed by atoms with Crippen LogP contribution in [0.5, 0.6) is 0 Å². The quantitative estimate of drug-likeness (QED) is 0.602. The molecule has 0 aromatic heterocycles. The third-order valence-electron chi connectivity index (χ3n) is 3.80. The fourth-order valence-electron chi connectivity index (χ4n) is 2.56. The summed E-state index contributed by atoms with van der Waals surface area (Å²) in [4.78, 5) is 0. The van der Waals surface area contributed by atoms with Crippen LogP contribution in [-0.2, 0) is 0 Å². The minimum absolute atomic E-state index is 0.325. The maximum Gasteiger partial charge on any atom is 0.0465 e. The van der Waals surface area contributed by atoms with Gasteiger partial charge >= 0.3 is 0 Å². The van der Waals surface area contributed by atoms with Crippen LogP contribution in [0.1, 0.15) is 48.4 Å². The number of rotatable bonds is 4. The standard InChI is InChI=1S/C14H22N2/c1-10-6-7-13(11(2)8-10)14(16-15)9-12-4-3-5-12/h6-8,12,14,16H,3-5,9,15H2,1-2H3. The van der Waals surface area contributed by atoms with E-state index in [9.17, 15) is 0 Å². The summed E-state index contributed by atoms with van der Waals surface area (Å²) in [5.41, 5.74) is 7.01. The third kappa shape index (κ3) is 2.45. The lowest BCUT2D eigenvalue weighted by molar-refractivity contribution is 0.261. The molecule has 16 heavy (non-hydrogen) atoms. The Labute approximate surface area is 98.2 Å². The Bertz CT molecular complexity index is 356. The Hall–Kier alpha value is -0.860. The van der Waals surface area contributed by atoms with Crippen molar-refractivity contribution in [3.63, 3.8) is 0 Å². The Morgan fingerprint density at radius 3 is 2.62 bits per heavy atom. The minimum Gasteiger partial charge on any atom is -0.271 e. The van der Waals surface area contributed by atoms with Gasteiger partial charge in [0.15, 0.2) is 0 Å². The highest BCUT2D eigenvalue weighted by Gasteiger charge is 2.23. The zero-order valence-electron chi connectivity index (χ0n) is 10.3. The monoisotopic (exact) mass is 218 g/mol. The van der Waals surface area contributed by atoms with Gasteiger partial charge in [0.1, 0.15) is 0 Å². The third-order valence-corrected chi connectivity index (χ3v) is 3.80. The molecular weight excluding hydrogens is 196 g/mol. The Morgan fingerprint density at radius 2 is 2.12 bits per heavy atom. The second-order valence-electron chi connectivity index (χ2n) is 5.11. The van der Waals surface area contributed by atoms with Crippen molar-refractivity contribution in [2.75, 3.05) is 0 Å². The van der Waals surface area contributed by atoms with Crippen molar-refractivity contribution in [1.29, 1.82) is 0 Å². The van der Waals surface area contributed by atoms with E-state index in [2.05, 4.69) is 37.5 Å². The van der Waals surface area contributed by atoms with Crippen molar-refractivity contribution in [1.82, 2.24) is 5.43 Å². The van der Waals surface area contributed by atoms with Crippen molar-refractivity contribution >= 4 is 0 Å². The Balaban J connectivity index is 2.11. The second-order valence-corrected chi connectivity index (χ2v) is 5.11. The molecule has 1 aliphatic carbocycles. The molecule has 1 fully saturated rings. The van der Waals surface area contributed by atoms with Gasteiger partial charge in [-0.2, -0.15) is 0 Å². The fraction of sp³-hybridized carbons (Fsp3) is 0.571. The fourth-order valence-corrected chi connectivity index (χ4v) is 2.56. The summed E-state index contributed by atoms with van der Waals surface area (Å²) >= 11 is 0. The van der Waals surface area contributed by atoms with E-state index in [0.717, 1.165) is 5.92 Å². The first kappa shape index (κ1) is 11.6. The van der Waals surface area contributed by atoms with Crippen LogP contribution in [0.15, 0.2) is 18.2 Å². The number of hydrazine groups is 1. The zero-order chi connectivity index (χ0) is 11.5. The summed E-state index contributed by atoms with van der Waals surface area (Å²) in [5.74, 6) is 6.57. The van der Waals surface area contributed by atoms with E-state index in [4.69, 9.17) is 5.84 Å². The molecule has 0 bridgehead atoms. The maximum atomic E-state index is 5.69. The van der Waals surface area contributed by atoms with E-state index in [1.54, 1.807) is 0 Å². The van der Waals surface area contributed by atoms with E-state index in [0.29, 0.717) is 6.04 Å². The minimum atomic E-state index is 0.325. The molecule has 0 saturated heterocycles. The highest BCUT2D eigenvalue weighted by atomic mass is 15.2. The molecule has 1 aromatic carbocycles. The van der Waals surface area contributed by atoms with Crippen LogP contribution in [-0.4, -0.2) is 0 Å². The van der Waals surface area contributed by atoms with Crippen molar-refractivity contribution in [3.05, 3.63) is 34.9 Å². The van der Waals surface area contributed by atoms with Gasteiger partial charge in [-0.15, -0.1) is 0 Å². The summed E-state index contributed by atoms with van der Waals surface area (Å²) in [6, 6.07) is 6.95. The van der Waals surface area contributed by atoms with Crippen LogP contribution in [0.25, 0.3) is 0 Å². The molecule has 2 rings (SSSR count). The molecule has 0 spiro atoms. The van der Waals surface area contributed by atoms with Gasteiger partial charge in [-0.25, -0.2) is 0 Å². The zero-order valence-corrected chi connectivity index (χ0v) is 10.3. The molecule has 0 amide bonds. The average molecular weight is 218 g/mol. The van der Waals surface area contributed by atoms with Crippen LogP contribution < -0.4 is 11.3 Å². The first-order valence-electron chi connectivity index (χ1n) is 6.24. The summed E-state index contributed by atoms with van der Waals surface area (Å²) in [7, 11) is 0. The van der Waals surface area contributed by atoms with Gasteiger partial charge in [-0.05, 0) is 37.3 Å². The first-order valence-corrected chi connectivity index (χ1v) is 6.24. The summed E-state index contributed by atoms with van der Waals surface area (Å²) in [5, 5.41) is 0. The summed E-state index contributed by atoms with van der Waals surface area (Å²) < 4.78 is 0. The van der Waals surface area contributed by atoms with Crippen molar-refractivity contribution in [2.24, 2.45) is 11.8 Å². The van der Waals surface area contributed by atoms with Gasteiger partial charge in [0.2, 0.25) is 0 Å². The van der Waals surface area contributed by atoms with E-state index in [1.807, 2.05) is 0 Å². The number of hydrogen-bond acceptors (Lipinski definition) is 2. The van der Waals surface area contributed by atoms with Crippen LogP contribution in [0.2, 0.25) is 0 Å². The first-order chi connectivity index (χ1) is 7.70. The largest absolute Gasteiger partial charge is 0.271 e. The van der Waals surface area contributed by atoms with E-state index < -0.39 is 0 Å². The molecule has 0 heterocycles. The van der Waals surface area contributed by atoms with Gasteiger partial charge in [0.25, 0.3) is 0 Å². The molecule has 1 aliphatic rings. The molecule has 1 aromatic rings. The van der Waals surface area contributed by atoms with Crippen LogP contribution in [0, 0.1) is 19.8 Å². The van der Waals surface area contributed by atoms with Gasteiger partial charge in [-0.1, -0.05) is 43.0 Å². The molecule has 1 atom stereocenters. The van der Waals surface area contributed by atoms with Crippen LogP contribution >= 0.6 is 0 Å². The van der Waals surface area contributed by atoms with Gasteiger partial charge < -0.3 is 0 Å². The predicted molar refractivity (Wildman–Crippen MR) is 67.9 cm³/mol. The number of aryl methyl sites for hydroxylation is 2. The molecule has 88 valence electrons. The van der Waals surface area contributed by atoms with Gasteiger partial charge in [0.05, 0.1) is 0 Å².